The van der Waals surface area contributed by atoms with E-state index in [0.717, 1.165) is 30.7 Å². The number of nitro benzene ring substituents is 1. The molecule has 0 aromatic heterocycles. The monoisotopic (exact) mass is 484 g/mol. The van der Waals surface area contributed by atoms with Crippen molar-refractivity contribution in [2.75, 3.05) is 20.4 Å². The van der Waals surface area contributed by atoms with E-state index in [2.05, 4.69) is 23.1 Å². The minimum atomic E-state index is -0.631. The van der Waals surface area contributed by atoms with Gasteiger partial charge < -0.3 is 18.9 Å². The van der Waals surface area contributed by atoms with Crippen molar-refractivity contribution in [2.45, 2.75) is 37.1 Å². The third kappa shape index (κ3) is 3.34. The fraction of sp³-hybridized carbons (Fsp3) is 0.375. The molecular formula is C24H21ClN2O7. The average molecular weight is 485 g/mol. The van der Waals surface area contributed by atoms with Crippen molar-refractivity contribution in [2.24, 2.45) is 0 Å². The summed E-state index contributed by atoms with van der Waals surface area (Å²) in [5, 5.41) is 10.9. The average Bonchev–Trinajstić information content (AvgIpc) is 3.39. The van der Waals surface area contributed by atoms with Gasteiger partial charge in [-0.25, -0.2) is 4.79 Å². The minimum Gasteiger partial charge on any atom is -0.456 e. The fourth-order valence-corrected chi connectivity index (χ4v) is 5.78. The third-order valence-corrected chi connectivity index (χ3v) is 7.43. The van der Waals surface area contributed by atoms with Crippen molar-refractivity contribution < 1.29 is 28.7 Å². The van der Waals surface area contributed by atoms with Gasteiger partial charge in [-0.3, -0.25) is 15.0 Å². The molecule has 0 saturated carbocycles. The number of carbonyl (C=O) groups excluding carboxylic acids is 1. The highest BCUT2D eigenvalue weighted by atomic mass is 35.5. The van der Waals surface area contributed by atoms with Gasteiger partial charge in [0.15, 0.2) is 11.5 Å². The zero-order chi connectivity index (χ0) is 23.6. The van der Waals surface area contributed by atoms with Crippen LogP contribution in [0.3, 0.4) is 0 Å². The fourth-order valence-electron chi connectivity index (χ4n) is 5.53. The van der Waals surface area contributed by atoms with Crippen LogP contribution in [0.15, 0.2) is 42.0 Å². The topological polar surface area (TPSA) is 100 Å². The Bertz CT molecular complexity index is 1250. The zero-order valence-corrected chi connectivity index (χ0v) is 19.0. The smallest absolute Gasteiger partial charge is 0.340 e. The molecule has 2 aromatic carbocycles. The molecule has 0 spiro atoms. The number of hydrogen-bond donors (Lipinski definition) is 0. The second kappa shape index (κ2) is 7.97. The molecule has 1 unspecified atom stereocenters. The van der Waals surface area contributed by atoms with Crippen LogP contribution in [-0.4, -0.2) is 54.5 Å². The van der Waals surface area contributed by atoms with E-state index in [9.17, 15) is 14.9 Å². The number of nitrogens with zero attached hydrogens (tertiary/aromatic N) is 2. The number of carbonyl (C=O) groups is 1. The predicted octanol–water partition coefficient (Wildman–Crippen LogP) is 3.83. The van der Waals surface area contributed by atoms with Crippen LogP contribution in [0.1, 0.15) is 33.8 Å². The lowest BCUT2D eigenvalue weighted by Crippen LogP contribution is -2.43. The number of fused-ring (bicyclic) bond motifs is 8. The van der Waals surface area contributed by atoms with Crippen molar-refractivity contribution in [3.8, 4) is 11.5 Å². The Labute approximate surface area is 199 Å². The van der Waals surface area contributed by atoms with Crippen molar-refractivity contribution in [3.63, 3.8) is 0 Å². The first-order chi connectivity index (χ1) is 16.4. The molecular weight excluding hydrogens is 464 g/mol. The van der Waals surface area contributed by atoms with Crippen molar-refractivity contribution >= 4 is 23.3 Å². The summed E-state index contributed by atoms with van der Waals surface area (Å²) in [6.45, 7) is 1.90. The molecule has 0 N–H and O–H groups in total. The Balaban J connectivity index is 1.26. The van der Waals surface area contributed by atoms with Gasteiger partial charge in [0.25, 0.3) is 5.69 Å². The van der Waals surface area contributed by atoms with Crippen LogP contribution in [0, 0.1) is 10.1 Å². The summed E-state index contributed by atoms with van der Waals surface area (Å²) >= 11 is 6.14. The standard InChI is InChI=1S/C24H21ClN2O7/c1-31-20-7-16-17-10-26(9-12-4-21-22(6-15(12)17)33-11-32-21)19(16)8-23(20)34-24(28)14-3-2-13(27(29)30)5-18(14)25/h2-7,17,19-20,23H,8-11H2,1H3/t17-,19-,20-,23-/m0/s1. The Morgan fingerprint density at radius 2 is 2.03 bits per heavy atom. The van der Waals surface area contributed by atoms with Crippen LogP contribution in [0.2, 0.25) is 5.02 Å². The summed E-state index contributed by atoms with van der Waals surface area (Å²) < 4.78 is 22.7. The predicted molar refractivity (Wildman–Crippen MR) is 120 cm³/mol. The highest BCUT2D eigenvalue weighted by Crippen LogP contribution is 2.50. The van der Waals surface area contributed by atoms with Gasteiger partial charge >= 0.3 is 5.97 Å². The summed E-state index contributed by atoms with van der Waals surface area (Å²) in [5.74, 6) is 1.15. The van der Waals surface area contributed by atoms with E-state index in [0.29, 0.717) is 6.42 Å². The quantitative estimate of drug-likeness (QED) is 0.279. The molecule has 34 heavy (non-hydrogen) atoms. The first-order valence-electron chi connectivity index (χ1n) is 11.0. The van der Waals surface area contributed by atoms with Crippen LogP contribution in [0.5, 0.6) is 11.5 Å². The number of halogens is 1. The van der Waals surface area contributed by atoms with E-state index in [-0.39, 0.29) is 35.0 Å². The number of rotatable bonds is 4. The van der Waals surface area contributed by atoms with Gasteiger partial charge in [0.05, 0.1) is 15.5 Å². The van der Waals surface area contributed by atoms with Crippen LogP contribution in [-0.2, 0) is 16.0 Å². The molecule has 1 saturated heterocycles. The Morgan fingerprint density at radius 1 is 1.24 bits per heavy atom. The molecule has 2 bridgehead atoms. The third-order valence-electron chi connectivity index (χ3n) is 7.12. The number of ether oxygens (including phenoxy) is 4. The first-order valence-corrected chi connectivity index (χ1v) is 11.4. The number of esters is 1. The van der Waals surface area contributed by atoms with E-state index in [1.54, 1.807) is 7.11 Å². The van der Waals surface area contributed by atoms with Crippen molar-refractivity contribution in [3.05, 3.63) is 73.8 Å². The summed E-state index contributed by atoms with van der Waals surface area (Å²) in [6, 6.07) is 7.98. The molecule has 2 aromatic rings. The van der Waals surface area contributed by atoms with Gasteiger partial charge in [0.1, 0.15) is 12.2 Å². The first kappa shape index (κ1) is 21.4. The molecule has 9 nitrogen and oxygen atoms in total. The van der Waals surface area contributed by atoms with Crippen LogP contribution >= 0.6 is 11.6 Å². The number of methoxy groups -OCH3 is 1. The highest BCUT2D eigenvalue weighted by Gasteiger charge is 2.48. The lowest BCUT2D eigenvalue weighted by atomic mass is 9.82. The number of hydrogen-bond acceptors (Lipinski definition) is 8. The molecule has 5 atom stereocenters. The zero-order valence-electron chi connectivity index (χ0n) is 18.2. The molecule has 1 fully saturated rings. The van der Waals surface area contributed by atoms with Gasteiger partial charge in [-0.2, -0.15) is 0 Å². The van der Waals surface area contributed by atoms with Gasteiger partial charge in [-0.15, -0.1) is 0 Å². The van der Waals surface area contributed by atoms with Crippen LogP contribution in [0.25, 0.3) is 0 Å². The Hall–Kier alpha value is -3.14. The number of benzene rings is 2. The van der Waals surface area contributed by atoms with E-state index >= 15 is 0 Å². The molecule has 3 aliphatic heterocycles. The molecule has 3 heterocycles. The molecule has 4 aliphatic rings. The van der Waals surface area contributed by atoms with Crippen molar-refractivity contribution in [1.29, 1.82) is 0 Å². The second-order valence-electron chi connectivity index (χ2n) is 8.87. The molecule has 6 rings (SSSR count). The summed E-state index contributed by atoms with van der Waals surface area (Å²) in [6.07, 6.45) is 1.73. The largest absolute Gasteiger partial charge is 0.456 e. The Kier molecular flexibility index (Phi) is 5.02. The van der Waals surface area contributed by atoms with Crippen LogP contribution in [0.4, 0.5) is 5.69 Å². The Morgan fingerprint density at radius 3 is 2.76 bits per heavy atom. The summed E-state index contributed by atoms with van der Waals surface area (Å²) in [4.78, 5) is 25.7. The normalized spacial score (nSPS) is 28.1. The van der Waals surface area contributed by atoms with Gasteiger partial charge in [0.2, 0.25) is 6.79 Å². The lowest BCUT2D eigenvalue weighted by molar-refractivity contribution is -0.384. The summed E-state index contributed by atoms with van der Waals surface area (Å²) in [5.41, 5.74) is 3.64. The maximum absolute atomic E-state index is 12.9. The molecule has 1 aliphatic carbocycles. The molecule has 10 heteroatoms. The maximum atomic E-state index is 12.9. The number of nitro groups is 1. The van der Waals surface area contributed by atoms with E-state index < -0.39 is 23.1 Å². The van der Waals surface area contributed by atoms with Crippen LogP contribution < -0.4 is 9.47 Å². The molecule has 0 amide bonds. The highest BCUT2D eigenvalue weighted by molar-refractivity contribution is 6.33. The maximum Gasteiger partial charge on any atom is 0.340 e. The van der Waals surface area contributed by atoms with Gasteiger partial charge in [0, 0.05) is 50.7 Å². The summed E-state index contributed by atoms with van der Waals surface area (Å²) in [7, 11) is 1.59. The lowest BCUT2D eigenvalue weighted by Gasteiger charge is -2.35. The molecule has 0 radical (unpaired) electrons. The van der Waals surface area contributed by atoms with Crippen molar-refractivity contribution in [1.82, 2.24) is 4.90 Å². The number of non-ortho nitro benzene ring substituents is 1. The second-order valence-corrected chi connectivity index (χ2v) is 9.28. The van der Waals surface area contributed by atoms with E-state index in [1.165, 1.54) is 28.8 Å². The minimum absolute atomic E-state index is 0.0198. The SMILES string of the molecule is CO[C@H]1C=C2[C@H]3CN(Cc4cc5c(cc43)OCO5)[C@H]2C[C@@H]1OC(=O)c1ccc([N+](=O)[O-])cc1Cl. The molecule has 176 valence electrons. The van der Waals surface area contributed by atoms with Gasteiger partial charge in [-0.05, 0) is 34.9 Å². The van der Waals surface area contributed by atoms with Gasteiger partial charge in [-0.1, -0.05) is 17.7 Å². The van der Waals surface area contributed by atoms with E-state index in [4.69, 9.17) is 30.5 Å². The van der Waals surface area contributed by atoms with E-state index in [1.807, 2.05) is 0 Å².